The van der Waals surface area contributed by atoms with E-state index in [0.29, 0.717) is 11.8 Å². The van der Waals surface area contributed by atoms with Crippen LogP contribution in [0.15, 0.2) is 58.4 Å². The van der Waals surface area contributed by atoms with Gasteiger partial charge in [0.15, 0.2) is 0 Å². The van der Waals surface area contributed by atoms with Gasteiger partial charge >= 0.3 is 0 Å². The van der Waals surface area contributed by atoms with Crippen LogP contribution in [0.1, 0.15) is 24.8 Å². The fourth-order valence-electron chi connectivity index (χ4n) is 4.65. The Morgan fingerprint density at radius 2 is 2.19 bits per heavy atom. The zero-order valence-corrected chi connectivity index (χ0v) is 19.0. The summed E-state index contributed by atoms with van der Waals surface area (Å²) < 4.78 is 10.5. The molecular weight excluding hydrogens is 408 g/mol. The number of nitrogens with zero attached hydrogens (tertiary/aromatic N) is 2. The molecule has 3 heterocycles. The third-order valence-corrected chi connectivity index (χ3v) is 7.39. The molecule has 0 spiro atoms. The third-order valence-electron chi connectivity index (χ3n) is 6.44. The highest BCUT2D eigenvalue weighted by Crippen LogP contribution is 2.30. The van der Waals surface area contributed by atoms with E-state index in [1.165, 1.54) is 22.3 Å². The van der Waals surface area contributed by atoms with Gasteiger partial charge in [0.2, 0.25) is 0 Å². The molecule has 2 aromatic heterocycles. The van der Waals surface area contributed by atoms with E-state index in [2.05, 4.69) is 22.0 Å². The smallest absolute Gasteiger partial charge is 0.119 e. The SMILES string of the molecule is COc1ccc2nccc(CCC[C@@H]3CCN(CCSc4ccoc4)C[C@@H]3CO)c2c1. The van der Waals surface area contributed by atoms with Crippen molar-refractivity contribution < 1.29 is 14.3 Å². The highest BCUT2D eigenvalue weighted by molar-refractivity contribution is 7.99. The van der Waals surface area contributed by atoms with Crippen LogP contribution in [0, 0.1) is 11.8 Å². The monoisotopic (exact) mass is 440 g/mol. The van der Waals surface area contributed by atoms with Gasteiger partial charge in [-0.2, -0.15) is 0 Å². The summed E-state index contributed by atoms with van der Waals surface area (Å²) in [6.45, 7) is 3.47. The topological polar surface area (TPSA) is 58.7 Å². The van der Waals surface area contributed by atoms with Crippen LogP contribution in [0.3, 0.4) is 0 Å². The summed E-state index contributed by atoms with van der Waals surface area (Å²) >= 11 is 1.83. The zero-order chi connectivity index (χ0) is 21.5. The lowest BCUT2D eigenvalue weighted by molar-refractivity contribution is 0.0710. The molecule has 0 unspecified atom stereocenters. The van der Waals surface area contributed by atoms with Gasteiger partial charge in [-0.25, -0.2) is 0 Å². The number of hydrogen-bond acceptors (Lipinski definition) is 6. The predicted molar refractivity (Wildman–Crippen MR) is 126 cm³/mol. The lowest BCUT2D eigenvalue weighted by Crippen LogP contribution is -2.42. The highest BCUT2D eigenvalue weighted by atomic mass is 32.2. The van der Waals surface area contributed by atoms with E-state index >= 15 is 0 Å². The molecule has 1 saturated heterocycles. The minimum atomic E-state index is 0.283. The first-order valence-corrected chi connectivity index (χ1v) is 12.1. The van der Waals surface area contributed by atoms with E-state index in [1.807, 2.05) is 36.2 Å². The first kappa shape index (κ1) is 22.2. The largest absolute Gasteiger partial charge is 0.497 e. The van der Waals surface area contributed by atoms with Crippen LogP contribution >= 0.6 is 11.8 Å². The Labute approximate surface area is 188 Å². The van der Waals surface area contributed by atoms with E-state index in [0.717, 1.165) is 55.9 Å². The fourth-order valence-corrected chi connectivity index (χ4v) is 5.52. The van der Waals surface area contributed by atoms with Gasteiger partial charge in [0.05, 0.1) is 18.9 Å². The molecule has 4 rings (SSSR count). The maximum atomic E-state index is 10.0. The minimum absolute atomic E-state index is 0.283. The van der Waals surface area contributed by atoms with Crippen molar-refractivity contribution in [1.82, 2.24) is 9.88 Å². The number of rotatable bonds is 10. The van der Waals surface area contributed by atoms with Crippen molar-refractivity contribution in [3.05, 3.63) is 54.6 Å². The van der Waals surface area contributed by atoms with Gasteiger partial charge in [-0.1, -0.05) is 0 Å². The number of aryl methyl sites for hydroxylation is 1. The minimum Gasteiger partial charge on any atom is -0.497 e. The zero-order valence-electron chi connectivity index (χ0n) is 18.2. The van der Waals surface area contributed by atoms with Crippen molar-refractivity contribution in [3.63, 3.8) is 0 Å². The van der Waals surface area contributed by atoms with Crippen molar-refractivity contribution >= 4 is 22.7 Å². The molecule has 0 aliphatic carbocycles. The molecule has 1 aliphatic rings. The number of aromatic nitrogens is 1. The Morgan fingerprint density at radius 1 is 1.26 bits per heavy atom. The lowest BCUT2D eigenvalue weighted by Gasteiger charge is -2.38. The number of thioether (sulfide) groups is 1. The van der Waals surface area contributed by atoms with Gasteiger partial charge in [-0.05, 0) is 80.0 Å². The third kappa shape index (κ3) is 5.82. The van der Waals surface area contributed by atoms with Gasteiger partial charge in [0.1, 0.15) is 12.0 Å². The van der Waals surface area contributed by atoms with Crippen LogP contribution in [-0.4, -0.2) is 54.1 Å². The summed E-state index contributed by atoms with van der Waals surface area (Å²) in [5, 5.41) is 11.2. The molecule has 2 atom stereocenters. The van der Waals surface area contributed by atoms with Crippen molar-refractivity contribution in [1.29, 1.82) is 0 Å². The van der Waals surface area contributed by atoms with Gasteiger partial charge in [0, 0.05) is 41.9 Å². The molecule has 3 aromatic rings. The number of aliphatic hydroxyl groups excluding tert-OH is 1. The number of piperidine rings is 1. The summed E-state index contributed by atoms with van der Waals surface area (Å²) in [4.78, 5) is 8.19. The first-order chi connectivity index (χ1) is 15.3. The quantitative estimate of drug-likeness (QED) is 0.453. The predicted octanol–water partition coefficient (Wildman–Crippen LogP) is 4.88. The molecular formula is C25H32N2O3S. The van der Waals surface area contributed by atoms with Crippen LogP contribution < -0.4 is 4.74 Å². The number of aliphatic hydroxyl groups is 1. The molecule has 6 heteroatoms. The number of pyridine rings is 1. The van der Waals surface area contributed by atoms with Crippen molar-refractivity contribution in [2.24, 2.45) is 11.8 Å². The normalized spacial score (nSPS) is 19.7. The van der Waals surface area contributed by atoms with Crippen LogP contribution in [0.4, 0.5) is 0 Å². The van der Waals surface area contributed by atoms with Crippen LogP contribution in [0.25, 0.3) is 10.9 Å². The van der Waals surface area contributed by atoms with Crippen LogP contribution in [0.5, 0.6) is 5.75 Å². The van der Waals surface area contributed by atoms with Gasteiger partial charge in [-0.15, -0.1) is 11.8 Å². The summed E-state index contributed by atoms with van der Waals surface area (Å²) in [6, 6.07) is 10.2. The van der Waals surface area contributed by atoms with E-state index < -0.39 is 0 Å². The van der Waals surface area contributed by atoms with Crippen molar-refractivity contribution in [3.8, 4) is 5.75 Å². The molecule has 166 valence electrons. The Bertz CT molecular complexity index is 947. The van der Waals surface area contributed by atoms with Crippen LogP contribution in [-0.2, 0) is 6.42 Å². The molecule has 1 aromatic carbocycles. The second-order valence-electron chi connectivity index (χ2n) is 8.34. The van der Waals surface area contributed by atoms with E-state index in [4.69, 9.17) is 9.15 Å². The molecule has 0 bridgehead atoms. The number of hydrogen-bond donors (Lipinski definition) is 1. The summed E-state index contributed by atoms with van der Waals surface area (Å²) in [5.74, 6) is 2.91. The number of benzene rings is 1. The standard InChI is InChI=1S/C25H32N2O3S/c1-29-22-5-6-25-24(15-22)20(7-10-26-25)4-2-3-19-8-11-27(16-21(19)17-28)12-14-31-23-9-13-30-18-23/h5-7,9-10,13,15,18-19,21,28H,2-4,8,11-12,14,16-17H2,1H3/t19-,21-/m1/s1. The number of furan rings is 1. The lowest BCUT2D eigenvalue weighted by atomic mass is 9.82. The van der Waals surface area contributed by atoms with E-state index in [9.17, 15) is 5.11 Å². The first-order valence-electron chi connectivity index (χ1n) is 11.2. The molecule has 1 fully saturated rings. The summed E-state index contributed by atoms with van der Waals surface area (Å²) in [7, 11) is 1.70. The molecule has 1 aliphatic heterocycles. The molecule has 5 nitrogen and oxygen atoms in total. The van der Waals surface area contributed by atoms with E-state index in [-0.39, 0.29) is 6.61 Å². The highest BCUT2D eigenvalue weighted by Gasteiger charge is 2.28. The van der Waals surface area contributed by atoms with Gasteiger partial charge < -0.3 is 19.2 Å². The van der Waals surface area contributed by atoms with Crippen molar-refractivity contribution in [2.75, 3.05) is 39.1 Å². The average molecular weight is 441 g/mol. The maximum absolute atomic E-state index is 10.0. The summed E-state index contributed by atoms with van der Waals surface area (Å²) in [6.07, 6.45) is 9.93. The molecule has 31 heavy (non-hydrogen) atoms. The molecule has 0 saturated carbocycles. The van der Waals surface area contributed by atoms with Gasteiger partial charge in [-0.3, -0.25) is 4.98 Å². The van der Waals surface area contributed by atoms with Crippen LogP contribution in [0.2, 0.25) is 0 Å². The summed E-state index contributed by atoms with van der Waals surface area (Å²) in [5.41, 5.74) is 2.35. The second kappa shape index (κ2) is 11.0. The Kier molecular flexibility index (Phi) is 7.89. The Morgan fingerprint density at radius 3 is 3.00 bits per heavy atom. The molecule has 1 N–H and O–H groups in total. The maximum Gasteiger partial charge on any atom is 0.119 e. The van der Waals surface area contributed by atoms with Crippen molar-refractivity contribution in [2.45, 2.75) is 30.6 Å². The number of methoxy groups -OCH3 is 1. The number of ether oxygens (including phenoxy) is 1. The number of fused-ring (bicyclic) bond motifs is 1. The fraction of sp³-hybridized carbons (Fsp3) is 0.480. The molecule has 0 amide bonds. The van der Waals surface area contributed by atoms with Gasteiger partial charge in [0.25, 0.3) is 0 Å². The van der Waals surface area contributed by atoms with E-state index in [1.54, 1.807) is 19.6 Å². The average Bonchev–Trinajstić information content (AvgIpc) is 3.33. The molecule has 0 radical (unpaired) electrons. The second-order valence-corrected chi connectivity index (χ2v) is 9.51. The number of likely N-dealkylation sites (tertiary alicyclic amines) is 1. The Balaban J connectivity index is 1.26. The Hall–Kier alpha value is -2.02.